The topological polar surface area (TPSA) is 86.8 Å². The minimum atomic E-state index is -4.17. The normalized spacial score (nSPS) is 12.0. The van der Waals surface area contributed by atoms with E-state index in [1.165, 1.54) is 29.2 Å². The van der Waals surface area contributed by atoms with Gasteiger partial charge in [-0.3, -0.25) is 13.9 Å². The van der Waals surface area contributed by atoms with Gasteiger partial charge in [0.1, 0.15) is 12.6 Å². The molecule has 1 atom stereocenters. The molecule has 202 valence electrons. The van der Waals surface area contributed by atoms with Crippen molar-refractivity contribution in [1.29, 1.82) is 0 Å². The van der Waals surface area contributed by atoms with E-state index in [1.54, 1.807) is 62.4 Å². The average molecular weight is 597 g/mol. The number of rotatable bonds is 11. The highest BCUT2D eigenvalue weighted by molar-refractivity contribution is 7.92. The summed E-state index contributed by atoms with van der Waals surface area (Å²) in [6.45, 7) is 3.37. The molecule has 0 radical (unpaired) electrons. The van der Waals surface area contributed by atoms with Crippen molar-refractivity contribution in [3.8, 4) is 0 Å². The number of halogens is 3. The van der Waals surface area contributed by atoms with Gasteiger partial charge >= 0.3 is 0 Å². The van der Waals surface area contributed by atoms with Crippen molar-refractivity contribution in [1.82, 2.24) is 10.2 Å². The number of carbonyl (C=O) groups is 2. The van der Waals surface area contributed by atoms with Crippen LogP contribution < -0.4 is 9.62 Å². The van der Waals surface area contributed by atoms with Crippen LogP contribution in [0.5, 0.6) is 0 Å². The summed E-state index contributed by atoms with van der Waals surface area (Å²) in [4.78, 5) is 28.2. The zero-order chi connectivity index (χ0) is 27.9. The molecule has 0 saturated carbocycles. The SMILES string of the molecule is CCNC(=O)C(CC)N(Cc1ccc(Cl)cc1Cl)C(=O)CN(c1ccccc1)S(=O)(=O)c1ccc(Cl)cc1. The van der Waals surface area contributed by atoms with E-state index < -0.39 is 28.5 Å². The molecule has 0 fully saturated rings. The van der Waals surface area contributed by atoms with Crippen LogP contribution in [-0.4, -0.2) is 44.3 Å². The van der Waals surface area contributed by atoms with Gasteiger partial charge in [0.05, 0.1) is 10.6 Å². The minimum absolute atomic E-state index is 0.0197. The molecule has 0 aliphatic heterocycles. The fourth-order valence-electron chi connectivity index (χ4n) is 3.90. The van der Waals surface area contributed by atoms with Crippen LogP contribution in [0.2, 0.25) is 15.1 Å². The largest absolute Gasteiger partial charge is 0.355 e. The van der Waals surface area contributed by atoms with Crippen LogP contribution in [0, 0.1) is 0 Å². The highest BCUT2D eigenvalue weighted by Crippen LogP contribution is 2.27. The summed E-state index contributed by atoms with van der Waals surface area (Å²) in [7, 11) is -4.17. The second-order valence-electron chi connectivity index (χ2n) is 8.38. The van der Waals surface area contributed by atoms with Crippen molar-refractivity contribution in [2.75, 3.05) is 17.4 Å². The lowest BCUT2D eigenvalue weighted by atomic mass is 10.1. The second kappa shape index (κ2) is 13.3. The van der Waals surface area contributed by atoms with Crippen molar-refractivity contribution in [2.24, 2.45) is 0 Å². The lowest BCUT2D eigenvalue weighted by Crippen LogP contribution is -2.52. The van der Waals surface area contributed by atoms with Crippen LogP contribution in [0.25, 0.3) is 0 Å². The second-order valence-corrected chi connectivity index (χ2v) is 11.5. The summed E-state index contributed by atoms with van der Waals surface area (Å²) in [5.74, 6) is -0.921. The Bertz CT molecular complexity index is 1370. The molecule has 1 N–H and O–H groups in total. The van der Waals surface area contributed by atoms with Gasteiger partial charge in [0.15, 0.2) is 0 Å². The first-order valence-electron chi connectivity index (χ1n) is 11.9. The smallest absolute Gasteiger partial charge is 0.264 e. The fourth-order valence-corrected chi connectivity index (χ4v) is 5.91. The van der Waals surface area contributed by atoms with E-state index in [9.17, 15) is 18.0 Å². The van der Waals surface area contributed by atoms with Gasteiger partial charge in [0, 0.05) is 28.2 Å². The monoisotopic (exact) mass is 595 g/mol. The van der Waals surface area contributed by atoms with Crippen molar-refractivity contribution in [2.45, 2.75) is 37.8 Å². The number of hydrogen-bond donors (Lipinski definition) is 1. The van der Waals surface area contributed by atoms with Crippen molar-refractivity contribution < 1.29 is 18.0 Å². The molecule has 1 unspecified atom stereocenters. The number of nitrogens with one attached hydrogen (secondary N) is 1. The first-order valence-corrected chi connectivity index (χ1v) is 14.5. The van der Waals surface area contributed by atoms with Gasteiger partial charge in [-0.25, -0.2) is 8.42 Å². The van der Waals surface area contributed by atoms with E-state index in [4.69, 9.17) is 34.8 Å². The number of likely N-dealkylation sites (N-methyl/N-ethyl adjacent to an activating group) is 1. The zero-order valence-corrected chi connectivity index (χ0v) is 24.0. The number of hydrogen-bond acceptors (Lipinski definition) is 4. The summed E-state index contributed by atoms with van der Waals surface area (Å²) >= 11 is 18.4. The van der Waals surface area contributed by atoms with Crippen LogP contribution >= 0.6 is 34.8 Å². The Hall–Kier alpha value is -2.78. The molecule has 3 aromatic rings. The van der Waals surface area contributed by atoms with E-state index in [1.807, 2.05) is 0 Å². The third-order valence-electron chi connectivity index (χ3n) is 5.82. The number of sulfonamides is 1. The Kier molecular flexibility index (Phi) is 10.4. The predicted molar refractivity (Wildman–Crippen MR) is 152 cm³/mol. The third kappa shape index (κ3) is 7.20. The molecule has 38 heavy (non-hydrogen) atoms. The van der Waals surface area contributed by atoms with E-state index in [0.717, 1.165) is 4.31 Å². The molecule has 0 aromatic heterocycles. The molecular weight excluding hydrogens is 569 g/mol. The lowest BCUT2D eigenvalue weighted by Gasteiger charge is -2.33. The van der Waals surface area contributed by atoms with Gasteiger partial charge in [-0.05, 0) is 67.4 Å². The summed E-state index contributed by atoms with van der Waals surface area (Å²) in [5.41, 5.74) is 0.866. The van der Waals surface area contributed by atoms with Crippen LogP contribution in [0.15, 0.2) is 77.7 Å². The van der Waals surface area contributed by atoms with E-state index in [0.29, 0.717) is 39.3 Å². The van der Waals surface area contributed by atoms with E-state index >= 15 is 0 Å². The molecule has 0 aliphatic carbocycles. The molecule has 3 rings (SSSR count). The number of nitrogens with zero attached hydrogens (tertiary/aromatic N) is 2. The number of carbonyl (C=O) groups excluding carboxylic acids is 2. The highest BCUT2D eigenvalue weighted by Gasteiger charge is 2.33. The Morgan fingerprint density at radius 3 is 2.11 bits per heavy atom. The molecule has 2 amide bonds. The minimum Gasteiger partial charge on any atom is -0.355 e. The zero-order valence-electron chi connectivity index (χ0n) is 20.9. The van der Waals surface area contributed by atoms with E-state index in [2.05, 4.69) is 5.32 Å². The highest BCUT2D eigenvalue weighted by atomic mass is 35.5. The Labute approximate surface area is 238 Å². The van der Waals surface area contributed by atoms with Crippen LogP contribution in [0.3, 0.4) is 0 Å². The number of amides is 2. The van der Waals surface area contributed by atoms with Crippen LogP contribution in [0.1, 0.15) is 25.8 Å². The Morgan fingerprint density at radius 1 is 0.895 bits per heavy atom. The lowest BCUT2D eigenvalue weighted by molar-refractivity contribution is -0.140. The Morgan fingerprint density at radius 2 is 1.53 bits per heavy atom. The maximum absolute atomic E-state index is 13.9. The van der Waals surface area contributed by atoms with Gasteiger partial charge in [-0.15, -0.1) is 0 Å². The fraction of sp³-hybridized carbons (Fsp3) is 0.259. The molecule has 11 heteroatoms. The number of benzene rings is 3. The molecule has 0 heterocycles. The molecule has 7 nitrogen and oxygen atoms in total. The molecule has 3 aromatic carbocycles. The van der Waals surface area contributed by atoms with Gasteiger partial charge in [0.25, 0.3) is 10.0 Å². The van der Waals surface area contributed by atoms with Gasteiger partial charge < -0.3 is 10.2 Å². The maximum atomic E-state index is 13.9. The van der Waals surface area contributed by atoms with Crippen LogP contribution in [0.4, 0.5) is 5.69 Å². The molecule has 0 aliphatic rings. The first-order chi connectivity index (χ1) is 18.1. The summed E-state index contributed by atoms with van der Waals surface area (Å²) < 4.78 is 28.5. The van der Waals surface area contributed by atoms with Gasteiger partial charge in [-0.2, -0.15) is 0 Å². The van der Waals surface area contributed by atoms with Crippen molar-refractivity contribution >= 4 is 62.3 Å². The van der Waals surface area contributed by atoms with Gasteiger partial charge in [-0.1, -0.05) is 66.0 Å². The quantitative estimate of drug-likeness (QED) is 0.304. The standard InChI is InChI=1S/C27H28Cl3N3O4S/c1-3-25(27(35)31-4-2)32(17-19-10-11-21(29)16-24(19)30)26(34)18-33(22-8-6-5-7-9-22)38(36,37)23-14-12-20(28)13-15-23/h5-16,25H,3-4,17-18H2,1-2H3,(H,31,35). The summed E-state index contributed by atoms with van der Waals surface area (Å²) in [6, 6.07) is 18.0. The molecule has 0 bridgehead atoms. The van der Waals surface area contributed by atoms with Crippen molar-refractivity contribution in [3.63, 3.8) is 0 Å². The summed E-state index contributed by atoms with van der Waals surface area (Å²) in [6.07, 6.45) is 0.304. The maximum Gasteiger partial charge on any atom is 0.264 e. The number of para-hydroxylation sites is 1. The molecular formula is C27H28Cl3N3O4S. The Balaban J connectivity index is 2.05. The van der Waals surface area contributed by atoms with E-state index in [-0.39, 0.29) is 17.3 Å². The van der Waals surface area contributed by atoms with Crippen LogP contribution in [-0.2, 0) is 26.2 Å². The molecule has 0 saturated heterocycles. The first kappa shape index (κ1) is 29.8. The van der Waals surface area contributed by atoms with Gasteiger partial charge in [0.2, 0.25) is 11.8 Å². The molecule has 0 spiro atoms. The predicted octanol–water partition coefficient (Wildman–Crippen LogP) is 5.79. The third-order valence-corrected chi connectivity index (χ3v) is 8.44. The summed E-state index contributed by atoms with van der Waals surface area (Å²) in [5, 5.41) is 3.89. The number of anilines is 1. The van der Waals surface area contributed by atoms with Crippen molar-refractivity contribution in [3.05, 3.63) is 93.4 Å². The average Bonchev–Trinajstić information content (AvgIpc) is 2.89.